The number of hydrogen-bond donors (Lipinski definition) is 3. The molecule has 112 valence electrons. The highest BCUT2D eigenvalue weighted by Crippen LogP contribution is 2.19. The minimum Gasteiger partial charge on any atom is -0.341 e. The molecule has 1 atom stereocenters. The number of nitrogens with zero attached hydrogens (tertiary/aromatic N) is 3. The molecule has 0 spiro atoms. The van der Waals surface area contributed by atoms with Gasteiger partial charge in [0.05, 0.1) is 6.33 Å². The third kappa shape index (κ3) is 3.48. The number of carbonyl (C=O) groups is 1. The van der Waals surface area contributed by atoms with Crippen molar-refractivity contribution in [3.8, 4) is 0 Å². The van der Waals surface area contributed by atoms with Gasteiger partial charge in [0.1, 0.15) is 5.52 Å². The first-order valence-electron chi connectivity index (χ1n) is 7.09. The summed E-state index contributed by atoms with van der Waals surface area (Å²) >= 11 is 6.00. The van der Waals surface area contributed by atoms with Crippen molar-refractivity contribution in [2.24, 2.45) is 5.92 Å². The lowest BCUT2D eigenvalue weighted by Gasteiger charge is -2.22. The second-order valence-electron chi connectivity index (χ2n) is 5.24. The summed E-state index contributed by atoms with van der Waals surface area (Å²) in [4.78, 5) is 27.0. The summed E-state index contributed by atoms with van der Waals surface area (Å²) in [5.41, 5.74) is 1.02. The summed E-state index contributed by atoms with van der Waals surface area (Å²) in [6.07, 6.45) is 5.19. The second-order valence-corrected chi connectivity index (χ2v) is 5.60. The van der Waals surface area contributed by atoms with Crippen LogP contribution in [0.25, 0.3) is 11.2 Å². The van der Waals surface area contributed by atoms with Crippen LogP contribution in [-0.4, -0.2) is 38.9 Å². The van der Waals surface area contributed by atoms with Gasteiger partial charge in [0.25, 0.3) is 0 Å². The molecule has 3 heterocycles. The Morgan fingerprint density at radius 1 is 1.48 bits per heavy atom. The van der Waals surface area contributed by atoms with Gasteiger partial charge in [0, 0.05) is 6.42 Å². The number of halogens is 1. The van der Waals surface area contributed by atoms with E-state index in [4.69, 9.17) is 11.6 Å². The summed E-state index contributed by atoms with van der Waals surface area (Å²) in [5, 5.41) is 6.29. The molecular formula is C13H17ClN6O. The highest BCUT2D eigenvalue weighted by atomic mass is 35.5. The van der Waals surface area contributed by atoms with Crippen molar-refractivity contribution in [2.75, 3.05) is 18.4 Å². The summed E-state index contributed by atoms with van der Waals surface area (Å²) in [5.74, 6) is 0.681. The first-order chi connectivity index (χ1) is 10.2. The number of amides is 1. The lowest BCUT2D eigenvalue weighted by molar-refractivity contribution is -0.116. The molecule has 3 N–H and O–H groups in total. The summed E-state index contributed by atoms with van der Waals surface area (Å²) in [6.45, 7) is 2.08. The van der Waals surface area contributed by atoms with Gasteiger partial charge < -0.3 is 10.3 Å². The molecule has 1 saturated heterocycles. The van der Waals surface area contributed by atoms with E-state index in [-0.39, 0.29) is 17.0 Å². The zero-order valence-corrected chi connectivity index (χ0v) is 12.3. The van der Waals surface area contributed by atoms with Gasteiger partial charge in [-0.3, -0.25) is 10.1 Å². The maximum Gasteiger partial charge on any atom is 0.233 e. The number of nitrogens with one attached hydrogen (secondary N) is 3. The molecule has 7 nitrogen and oxygen atoms in total. The van der Waals surface area contributed by atoms with E-state index in [0.29, 0.717) is 23.5 Å². The highest BCUT2D eigenvalue weighted by molar-refractivity contribution is 6.33. The van der Waals surface area contributed by atoms with Gasteiger partial charge in [0.2, 0.25) is 11.9 Å². The number of fused-ring (bicyclic) bond motifs is 1. The lowest BCUT2D eigenvalue weighted by atomic mass is 9.94. The van der Waals surface area contributed by atoms with Crippen molar-refractivity contribution < 1.29 is 4.79 Å². The van der Waals surface area contributed by atoms with Crippen molar-refractivity contribution in [1.82, 2.24) is 25.3 Å². The Balaban J connectivity index is 1.57. The molecule has 21 heavy (non-hydrogen) atoms. The van der Waals surface area contributed by atoms with Crippen molar-refractivity contribution >= 4 is 34.6 Å². The predicted molar refractivity (Wildman–Crippen MR) is 80.2 cm³/mol. The minimum absolute atomic E-state index is 0.0912. The fourth-order valence-electron chi connectivity index (χ4n) is 2.55. The van der Waals surface area contributed by atoms with Crippen LogP contribution < -0.4 is 10.6 Å². The van der Waals surface area contributed by atoms with Gasteiger partial charge in [-0.05, 0) is 38.3 Å². The van der Waals surface area contributed by atoms with Crippen LogP contribution >= 0.6 is 11.6 Å². The fourth-order valence-corrected chi connectivity index (χ4v) is 2.77. The van der Waals surface area contributed by atoms with Crippen molar-refractivity contribution in [1.29, 1.82) is 0 Å². The van der Waals surface area contributed by atoms with Crippen molar-refractivity contribution in [2.45, 2.75) is 25.7 Å². The molecule has 1 fully saturated rings. The van der Waals surface area contributed by atoms with Crippen LogP contribution in [0.4, 0.5) is 5.95 Å². The van der Waals surface area contributed by atoms with Gasteiger partial charge >= 0.3 is 0 Å². The first kappa shape index (κ1) is 14.2. The quantitative estimate of drug-likeness (QED) is 0.748. The van der Waals surface area contributed by atoms with E-state index in [2.05, 4.69) is 30.6 Å². The van der Waals surface area contributed by atoms with Crippen molar-refractivity contribution in [3.63, 3.8) is 0 Å². The van der Waals surface area contributed by atoms with E-state index < -0.39 is 0 Å². The molecule has 1 unspecified atom stereocenters. The number of aromatic nitrogens is 4. The molecule has 0 radical (unpaired) electrons. The molecule has 0 aromatic carbocycles. The maximum absolute atomic E-state index is 12.0. The third-order valence-electron chi connectivity index (χ3n) is 3.67. The van der Waals surface area contributed by atoms with Crippen LogP contribution in [0, 0.1) is 5.92 Å². The second kappa shape index (κ2) is 6.36. The van der Waals surface area contributed by atoms with Crippen LogP contribution in [0.2, 0.25) is 5.15 Å². The number of aromatic amines is 1. The summed E-state index contributed by atoms with van der Waals surface area (Å²) in [7, 11) is 0. The number of hydrogen-bond acceptors (Lipinski definition) is 5. The zero-order valence-electron chi connectivity index (χ0n) is 11.5. The molecule has 0 bridgehead atoms. The summed E-state index contributed by atoms with van der Waals surface area (Å²) in [6, 6.07) is 0. The number of imidazole rings is 1. The number of piperidine rings is 1. The van der Waals surface area contributed by atoms with Crippen LogP contribution in [0.15, 0.2) is 6.33 Å². The molecule has 0 saturated carbocycles. The Kier molecular flexibility index (Phi) is 4.31. The van der Waals surface area contributed by atoms with Gasteiger partial charge in [-0.25, -0.2) is 4.98 Å². The monoisotopic (exact) mass is 308 g/mol. The lowest BCUT2D eigenvalue weighted by Crippen LogP contribution is -2.30. The fraction of sp³-hybridized carbons (Fsp3) is 0.538. The molecule has 1 aliphatic rings. The minimum atomic E-state index is -0.0912. The van der Waals surface area contributed by atoms with E-state index in [1.54, 1.807) is 0 Å². The predicted octanol–water partition coefficient (Wildman–Crippen LogP) is 1.72. The van der Waals surface area contributed by atoms with Crippen molar-refractivity contribution in [3.05, 3.63) is 11.5 Å². The van der Waals surface area contributed by atoms with E-state index in [0.717, 1.165) is 19.5 Å². The van der Waals surface area contributed by atoms with Gasteiger partial charge in [-0.15, -0.1) is 0 Å². The van der Waals surface area contributed by atoms with Gasteiger partial charge in [0.15, 0.2) is 10.8 Å². The van der Waals surface area contributed by atoms with Gasteiger partial charge in [-0.1, -0.05) is 11.6 Å². The Labute approximate surface area is 126 Å². The molecule has 8 heteroatoms. The van der Waals surface area contributed by atoms with Crippen LogP contribution in [-0.2, 0) is 4.79 Å². The molecule has 0 aliphatic carbocycles. The molecule has 1 aliphatic heterocycles. The number of rotatable bonds is 4. The van der Waals surface area contributed by atoms with Crippen LogP contribution in [0.3, 0.4) is 0 Å². The largest absolute Gasteiger partial charge is 0.341 e. The van der Waals surface area contributed by atoms with E-state index >= 15 is 0 Å². The number of H-pyrrole nitrogens is 1. The van der Waals surface area contributed by atoms with E-state index in [1.165, 1.54) is 19.2 Å². The SMILES string of the molecule is O=C(CCC1CCCNC1)Nc1nc(Cl)c2[nH]cnc2n1. The standard InChI is InChI=1S/C13H17ClN6O/c14-11-10-12(17-7-16-10)20-13(19-11)18-9(21)4-3-8-2-1-5-15-6-8/h7-8,15H,1-6H2,(H2,16,17,18,19,20,21). The van der Waals surface area contributed by atoms with Crippen LogP contribution in [0.1, 0.15) is 25.7 Å². The zero-order chi connectivity index (χ0) is 14.7. The molecule has 2 aromatic heterocycles. The third-order valence-corrected chi connectivity index (χ3v) is 3.94. The molecule has 3 rings (SSSR count). The van der Waals surface area contributed by atoms with Gasteiger partial charge in [-0.2, -0.15) is 9.97 Å². The first-order valence-corrected chi connectivity index (χ1v) is 7.47. The molecule has 1 amide bonds. The molecular weight excluding hydrogens is 292 g/mol. The Bertz CT molecular complexity index is 637. The topological polar surface area (TPSA) is 95.6 Å². The van der Waals surface area contributed by atoms with Crippen LogP contribution in [0.5, 0.6) is 0 Å². The number of carbonyl (C=O) groups excluding carboxylic acids is 1. The average Bonchev–Trinajstić information content (AvgIpc) is 2.95. The molecule has 2 aromatic rings. The summed E-state index contributed by atoms with van der Waals surface area (Å²) < 4.78 is 0. The number of anilines is 1. The Morgan fingerprint density at radius 2 is 2.38 bits per heavy atom. The Morgan fingerprint density at radius 3 is 3.19 bits per heavy atom. The highest BCUT2D eigenvalue weighted by Gasteiger charge is 2.15. The normalized spacial score (nSPS) is 18.8. The average molecular weight is 309 g/mol. The van der Waals surface area contributed by atoms with E-state index in [1.807, 2.05) is 0 Å². The maximum atomic E-state index is 12.0. The smallest absolute Gasteiger partial charge is 0.233 e. The van der Waals surface area contributed by atoms with E-state index in [9.17, 15) is 4.79 Å². The Hall–Kier alpha value is -1.73.